The minimum atomic E-state index is -0.453. The van der Waals surface area contributed by atoms with Gasteiger partial charge in [0.1, 0.15) is 5.60 Å². The molecule has 1 aliphatic heterocycles. The SMILES string of the molecule is Cc1cc(N2CCN(C(=O)OC(C)(C)C)CC2)c(Br)cc1N. The lowest BCUT2D eigenvalue weighted by atomic mass is 10.1. The summed E-state index contributed by atoms with van der Waals surface area (Å²) in [6.07, 6.45) is -0.236. The van der Waals surface area contributed by atoms with Gasteiger partial charge in [0.15, 0.2) is 0 Å². The predicted octanol–water partition coefficient (Wildman–Crippen LogP) is 3.40. The highest BCUT2D eigenvalue weighted by Crippen LogP contribution is 2.31. The molecule has 0 unspecified atom stereocenters. The van der Waals surface area contributed by atoms with Gasteiger partial charge in [0.05, 0.1) is 5.69 Å². The summed E-state index contributed by atoms with van der Waals surface area (Å²) in [5.74, 6) is 0. The van der Waals surface area contributed by atoms with Crippen molar-refractivity contribution in [3.8, 4) is 0 Å². The van der Waals surface area contributed by atoms with Crippen LogP contribution in [0.25, 0.3) is 0 Å². The molecule has 22 heavy (non-hydrogen) atoms. The van der Waals surface area contributed by atoms with Gasteiger partial charge < -0.3 is 20.3 Å². The van der Waals surface area contributed by atoms with E-state index in [0.717, 1.165) is 34.5 Å². The summed E-state index contributed by atoms with van der Waals surface area (Å²) in [7, 11) is 0. The van der Waals surface area contributed by atoms with E-state index in [1.54, 1.807) is 4.90 Å². The Morgan fingerprint density at radius 2 is 1.82 bits per heavy atom. The van der Waals surface area contributed by atoms with Crippen LogP contribution in [0, 0.1) is 6.92 Å². The van der Waals surface area contributed by atoms with Crippen molar-refractivity contribution >= 4 is 33.4 Å². The van der Waals surface area contributed by atoms with Crippen LogP contribution in [0.5, 0.6) is 0 Å². The maximum Gasteiger partial charge on any atom is 0.410 e. The van der Waals surface area contributed by atoms with Crippen LogP contribution in [0.1, 0.15) is 26.3 Å². The summed E-state index contributed by atoms with van der Waals surface area (Å²) in [5.41, 5.74) is 8.43. The van der Waals surface area contributed by atoms with Gasteiger partial charge in [0, 0.05) is 36.3 Å². The van der Waals surface area contributed by atoms with E-state index in [0.29, 0.717) is 13.1 Å². The number of piperazine rings is 1. The fourth-order valence-electron chi connectivity index (χ4n) is 2.38. The highest BCUT2D eigenvalue weighted by Gasteiger charge is 2.26. The van der Waals surface area contributed by atoms with E-state index >= 15 is 0 Å². The quantitative estimate of drug-likeness (QED) is 0.770. The molecule has 0 spiro atoms. The zero-order valence-corrected chi connectivity index (χ0v) is 15.2. The summed E-state index contributed by atoms with van der Waals surface area (Å²) in [6.45, 7) is 10.5. The van der Waals surface area contributed by atoms with Crippen molar-refractivity contribution in [2.45, 2.75) is 33.3 Å². The Kier molecular flexibility index (Phi) is 4.90. The lowest BCUT2D eigenvalue weighted by Crippen LogP contribution is -2.50. The van der Waals surface area contributed by atoms with Crippen molar-refractivity contribution in [2.24, 2.45) is 0 Å². The van der Waals surface area contributed by atoms with Gasteiger partial charge in [-0.15, -0.1) is 0 Å². The van der Waals surface area contributed by atoms with Crippen LogP contribution < -0.4 is 10.6 Å². The Balaban J connectivity index is 2.01. The number of benzene rings is 1. The van der Waals surface area contributed by atoms with Gasteiger partial charge in [-0.05, 0) is 61.3 Å². The number of ether oxygens (including phenoxy) is 1. The molecule has 2 N–H and O–H groups in total. The first-order chi connectivity index (χ1) is 10.2. The van der Waals surface area contributed by atoms with E-state index in [4.69, 9.17) is 10.5 Å². The van der Waals surface area contributed by atoms with Crippen LogP contribution in [0.2, 0.25) is 0 Å². The maximum atomic E-state index is 12.1. The Bertz CT molecular complexity index is 561. The first-order valence-corrected chi connectivity index (χ1v) is 8.25. The van der Waals surface area contributed by atoms with Gasteiger partial charge in [0.25, 0.3) is 0 Å². The number of carbonyl (C=O) groups excluding carboxylic acids is 1. The molecule has 1 aliphatic rings. The van der Waals surface area contributed by atoms with Crippen molar-refractivity contribution in [2.75, 3.05) is 36.8 Å². The molecule has 1 heterocycles. The molecule has 1 saturated heterocycles. The molecule has 0 saturated carbocycles. The normalized spacial score (nSPS) is 15.9. The molecule has 1 fully saturated rings. The van der Waals surface area contributed by atoms with Crippen LogP contribution in [0.4, 0.5) is 16.2 Å². The van der Waals surface area contributed by atoms with Crippen molar-refractivity contribution in [3.05, 3.63) is 22.2 Å². The van der Waals surface area contributed by atoms with E-state index in [2.05, 4.69) is 26.9 Å². The average molecular weight is 370 g/mol. The molecule has 1 aromatic rings. The molecule has 0 aromatic heterocycles. The molecule has 1 aromatic carbocycles. The highest BCUT2D eigenvalue weighted by atomic mass is 79.9. The van der Waals surface area contributed by atoms with Crippen molar-refractivity contribution in [1.29, 1.82) is 0 Å². The molecule has 6 heteroatoms. The number of nitrogens with two attached hydrogens (primary N) is 1. The highest BCUT2D eigenvalue weighted by molar-refractivity contribution is 9.10. The number of anilines is 2. The van der Waals surface area contributed by atoms with Gasteiger partial charge in [0.2, 0.25) is 0 Å². The molecular formula is C16H24BrN3O2. The van der Waals surface area contributed by atoms with Crippen molar-refractivity contribution < 1.29 is 9.53 Å². The number of carbonyl (C=O) groups is 1. The molecule has 0 atom stereocenters. The Morgan fingerprint density at radius 3 is 2.36 bits per heavy atom. The first kappa shape index (κ1) is 16.9. The second kappa shape index (κ2) is 6.36. The second-order valence-corrected chi connectivity index (χ2v) is 7.47. The van der Waals surface area contributed by atoms with E-state index in [1.807, 2.05) is 33.8 Å². The Labute approximate surface area is 140 Å². The minimum Gasteiger partial charge on any atom is -0.444 e. The number of nitrogens with zero attached hydrogens (tertiary/aromatic N) is 2. The fraction of sp³-hybridized carbons (Fsp3) is 0.562. The molecule has 0 radical (unpaired) electrons. The Hall–Kier alpha value is -1.43. The number of nitrogen functional groups attached to an aromatic ring is 1. The zero-order valence-electron chi connectivity index (χ0n) is 13.6. The summed E-state index contributed by atoms with van der Waals surface area (Å²) in [4.78, 5) is 16.1. The third-order valence-electron chi connectivity index (χ3n) is 3.61. The maximum absolute atomic E-state index is 12.1. The summed E-state index contributed by atoms with van der Waals surface area (Å²) in [6, 6.07) is 4.02. The summed E-state index contributed by atoms with van der Waals surface area (Å²) in [5, 5.41) is 0. The lowest BCUT2D eigenvalue weighted by molar-refractivity contribution is 0.0240. The second-order valence-electron chi connectivity index (χ2n) is 6.61. The van der Waals surface area contributed by atoms with Crippen LogP contribution >= 0.6 is 15.9 Å². The summed E-state index contributed by atoms with van der Waals surface area (Å²) < 4.78 is 6.41. The zero-order chi connectivity index (χ0) is 16.5. The number of aryl methyl sites for hydroxylation is 1. The fourth-order valence-corrected chi connectivity index (χ4v) is 2.99. The third-order valence-corrected chi connectivity index (χ3v) is 4.24. The number of rotatable bonds is 1. The van der Waals surface area contributed by atoms with Crippen LogP contribution in [0.15, 0.2) is 16.6 Å². The largest absolute Gasteiger partial charge is 0.444 e. The van der Waals surface area contributed by atoms with E-state index < -0.39 is 5.60 Å². The third kappa shape index (κ3) is 4.06. The van der Waals surface area contributed by atoms with Gasteiger partial charge in [-0.2, -0.15) is 0 Å². The number of hydrogen-bond donors (Lipinski definition) is 1. The van der Waals surface area contributed by atoms with E-state index in [9.17, 15) is 4.79 Å². The number of hydrogen-bond acceptors (Lipinski definition) is 4. The smallest absolute Gasteiger partial charge is 0.410 e. The lowest BCUT2D eigenvalue weighted by Gasteiger charge is -2.37. The molecule has 5 nitrogen and oxygen atoms in total. The van der Waals surface area contributed by atoms with Crippen LogP contribution in [-0.2, 0) is 4.74 Å². The van der Waals surface area contributed by atoms with E-state index in [1.165, 1.54) is 0 Å². The van der Waals surface area contributed by atoms with Crippen molar-refractivity contribution in [1.82, 2.24) is 4.90 Å². The van der Waals surface area contributed by atoms with Gasteiger partial charge in [-0.3, -0.25) is 0 Å². The monoisotopic (exact) mass is 369 g/mol. The standard InChI is InChI=1S/C16H24BrN3O2/c1-11-9-14(12(17)10-13(11)18)19-5-7-20(8-6-19)15(21)22-16(2,3)4/h9-10H,5-8,18H2,1-4H3. The number of halogens is 1. The molecule has 0 aliphatic carbocycles. The molecule has 122 valence electrons. The molecule has 1 amide bonds. The molecule has 0 bridgehead atoms. The van der Waals surface area contributed by atoms with Gasteiger partial charge in [-0.1, -0.05) is 0 Å². The molecule has 2 rings (SSSR count). The topological polar surface area (TPSA) is 58.8 Å². The van der Waals surface area contributed by atoms with Gasteiger partial charge in [-0.25, -0.2) is 4.79 Å². The number of amides is 1. The minimum absolute atomic E-state index is 0.236. The summed E-state index contributed by atoms with van der Waals surface area (Å²) >= 11 is 3.57. The van der Waals surface area contributed by atoms with Gasteiger partial charge >= 0.3 is 6.09 Å². The predicted molar refractivity (Wildman–Crippen MR) is 93.3 cm³/mol. The van der Waals surface area contributed by atoms with E-state index in [-0.39, 0.29) is 6.09 Å². The first-order valence-electron chi connectivity index (χ1n) is 7.46. The average Bonchev–Trinajstić information content (AvgIpc) is 2.41. The Morgan fingerprint density at radius 1 is 1.23 bits per heavy atom. The van der Waals surface area contributed by atoms with Crippen LogP contribution in [-0.4, -0.2) is 42.8 Å². The molecular weight excluding hydrogens is 346 g/mol. The van der Waals surface area contributed by atoms with Crippen molar-refractivity contribution in [3.63, 3.8) is 0 Å². The van der Waals surface area contributed by atoms with Crippen LogP contribution in [0.3, 0.4) is 0 Å².